The molecule has 2 aromatic rings. The molecule has 2 aromatic carbocycles. The van der Waals surface area contributed by atoms with Gasteiger partial charge < -0.3 is 5.32 Å². The quantitative estimate of drug-likeness (QED) is 0.845. The van der Waals surface area contributed by atoms with Crippen molar-refractivity contribution in [3.63, 3.8) is 0 Å². The van der Waals surface area contributed by atoms with Crippen LogP contribution in [0.15, 0.2) is 53.4 Å². The smallest absolute Gasteiger partial charge is 0.273 e. The Labute approximate surface area is 133 Å². The van der Waals surface area contributed by atoms with Crippen molar-refractivity contribution in [1.29, 1.82) is 0 Å². The van der Waals surface area contributed by atoms with Gasteiger partial charge in [-0.05, 0) is 36.6 Å². The Morgan fingerprint density at radius 2 is 1.81 bits per heavy atom. The number of anilines is 2. The van der Waals surface area contributed by atoms with Gasteiger partial charge in [0.05, 0.1) is 32.4 Å². The third-order valence-corrected chi connectivity index (χ3v) is 6.51. The van der Waals surface area contributed by atoms with Crippen molar-refractivity contribution < 1.29 is 8.42 Å². The van der Waals surface area contributed by atoms with Gasteiger partial charge >= 0.3 is 0 Å². The molecule has 0 spiro atoms. The second-order valence-electron chi connectivity index (χ2n) is 4.87. The molecular weight excluding hydrogens is 352 g/mol. The molecule has 0 saturated heterocycles. The minimum atomic E-state index is -3.62. The number of rotatable bonds is 3. The van der Waals surface area contributed by atoms with Crippen LogP contribution >= 0.6 is 16.1 Å². The predicted molar refractivity (Wildman–Crippen MR) is 88.3 cm³/mol. The fraction of sp³-hybridized carbons (Fsp3) is 0.200. The summed E-state index contributed by atoms with van der Waals surface area (Å²) in [5, 5.41) is 3.30. The number of para-hydroxylation sites is 1. The highest BCUT2D eigenvalue weighted by Crippen LogP contribution is 2.37. The van der Waals surface area contributed by atoms with E-state index < -0.39 is 10.0 Å². The Morgan fingerprint density at radius 1 is 1.05 bits per heavy atom. The maximum atomic E-state index is 12.7. The molecule has 3 rings (SSSR count). The summed E-state index contributed by atoms with van der Waals surface area (Å²) < 4.78 is 26.5. The molecule has 21 heavy (non-hydrogen) atoms. The normalized spacial score (nSPS) is 14.1. The van der Waals surface area contributed by atoms with E-state index in [0.29, 0.717) is 5.69 Å². The van der Waals surface area contributed by atoms with Crippen molar-refractivity contribution in [2.45, 2.75) is 17.7 Å². The first-order valence-electron chi connectivity index (χ1n) is 6.72. The van der Waals surface area contributed by atoms with Gasteiger partial charge in [0.25, 0.3) is 10.0 Å². The fourth-order valence-electron chi connectivity index (χ4n) is 2.45. The molecule has 1 aliphatic heterocycles. The lowest BCUT2D eigenvalue weighted by Crippen LogP contribution is -2.23. The summed E-state index contributed by atoms with van der Waals surface area (Å²) in [6.45, 7) is 0.857. The second kappa shape index (κ2) is 5.69. The molecule has 0 saturated carbocycles. The van der Waals surface area contributed by atoms with E-state index in [4.69, 9.17) is 0 Å². The van der Waals surface area contributed by atoms with E-state index in [1.807, 2.05) is 12.1 Å². The van der Waals surface area contributed by atoms with Crippen LogP contribution in [0.2, 0.25) is 0 Å². The Morgan fingerprint density at radius 3 is 2.57 bits per heavy atom. The molecule has 6 heteroatoms. The lowest BCUT2D eigenvalue weighted by molar-refractivity contribution is 0.598. The van der Waals surface area contributed by atoms with Crippen LogP contribution in [-0.2, 0) is 16.4 Å². The van der Waals surface area contributed by atoms with Crippen molar-refractivity contribution in [3.8, 4) is 0 Å². The van der Waals surface area contributed by atoms with Crippen LogP contribution < -0.4 is 8.65 Å². The van der Waals surface area contributed by atoms with E-state index in [0.717, 1.165) is 30.6 Å². The predicted octanol–water partition coefficient (Wildman–Crippen LogP) is 3.55. The topological polar surface area (TPSA) is 49.4 Å². The molecule has 0 bridgehead atoms. The van der Waals surface area contributed by atoms with Gasteiger partial charge in [-0.2, -0.15) is 3.33 Å². The van der Waals surface area contributed by atoms with Gasteiger partial charge in [-0.25, -0.2) is 8.42 Å². The van der Waals surface area contributed by atoms with Crippen molar-refractivity contribution in [2.75, 3.05) is 15.2 Å². The highest BCUT2D eigenvalue weighted by Gasteiger charge is 2.26. The lowest BCUT2D eigenvalue weighted by atomic mass is 10.0. The van der Waals surface area contributed by atoms with E-state index in [9.17, 15) is 8.42 Å². The van der Waals surface area contributed by atoms with Crippen molar-refractivity contribution >= 4 is 37.5 Å². The molecule has 0 aliphatic carbocycles. The Bertz CT molecular complexity index is 748. The van der Waals surface area contributed by atoms with Gasteiger partial charge in [-0.3, -0.25) is 0 Å². The second-order valence-corrected chi connectivity index (χ2v) is 7.84. The summed E-state index contributed by atoms with van der Waals surface area (Å²) >= 11 is 3.23. The van der Waals surface area contributed by atoms with Gasteiger partial charge in [0.15, 0.2) is 0 Å². The van der Waals surface area contributed by atoms with Crippen LogP contribution in [0, 0.1) is 0 Å². The van der Waals surface area contributed by atoms with Crippen molar-refractivity contribution in [3.05, 3.63) is 54.1 Å². The monoisotopic (exact) mass is 366 g/mol. The van der Waals surface area contributed by atoms with Gasteiger partial charge in [-0.15, -0.1) is 0 Å². The van der Waals surface area contributed by atoms with Gasteiger partial charge in [-0.1, -0.05) is 30.3 Å². The highest BCUT2D eigenvalue weighted by molar-refractivity contribution is 9.11. The third kappa shape index (κ3) is 2.65. The van der Waals surface area contributed by atoms with Crippen LogP contribution in [0.5, 0.6) is 0 Å². The number of hydrogen-bond acceptors (Lipinski definition) is 3. The number of benzene rings is 2. The van der Waals surface area contributed by atoms with Crippen LogP contribution in [-0.4, -0.2) is 15.0 Å². The molecule has 0 atom stereocenters. The third-order valence-electron chi connectivity index (χ3n) is 3.49. The number of nitrogens with zero attached hydrogens (tertiary/aromatic N) is 1. The standard InChI is InChI=1S/C15H15BrN2O2S/c16-18(21(19,20)13-8-2-1-3-9-13)14-10-4-6-12-7-5-11-17-15(12)14/h1-4,6,8-10,17H,5,7,11H2. The SMILES string of the molecule is O=S(=O)(c1ccccc1)N(Br)c1cccc2c1NCCC2. The first-order chi connectivity index (χ1) is 10.1. The molecule has 1 aliphatic rings. The fourth-order valence-corrected chi connectivity index (χ4v) is 4.35. The number of nitrogens with one attached hydrogen (secondary N) is 1. The zero-order valence-corrected chi connectivity index (χ0v) is 13.7. The zero-order chi connectivity index (χ0) is 14.9. The van der Waals surface area contributed by atoms with Crippen LogP contribution in [0.25, 0.3) is 0 Å². The summed E-state index contributed by atoms with van der Waals surface area (Å²) in [5.41, 5.74) is 2.66. The van der Waals surface area contributed by atoms with Crippen molar-refractivity contribution in [1.82, 2.24) is 0 Å². The number of sulfonamides is 1. The summed E-state index contributed by atoms with van der Waals surface area (Å²) in [6.07, 6.45) is 2.02. The van der Waals surface area contributed by atoms with Gasteiger partial charge in [0, 0.05) is 6.54 Å². The Kier molecular flexibility index (Phi) is 3.91. The molecule has 0 radical (unpaired) electrons. The summed E-state index contributed by atoms with van der Waals surface area (Å²) in [7, 11) is -3.62. The molecule has 4 nitrogen and oxygen atoms in total. The molecule has 0 unspecified atom stereocenters. The average molecular weight is 367 g/mol. The first kappa shape index (κ1) is 14.4. The molecule has 1 N–H and O–H groups in total. The number of hydrogen-bond donors (Lipinski definition) is 1. The Hall–Kier alpha value is -1.53. The lowest BCUT2D eigenvalue weighted by Gasteiger charge is -2.25. The van der Waals surface area contributed by atoms with E-state index in [1.54, 1.807) is 36.4 Å². The van der Waals surface area contributed by atoms with Crippen LogP contribution in [0.4, 0.5) is 11.4 Å². The number of halogens is 1. The molecule has 110 valence electrons. The van der Waals surface area contributed by atoms with Crippen LogP contribution in [0.1, 0.15) is 12.0 Å². The van der Waals surface area contributed by atoms with Crippen molar-refractivity contribution in [2.24, 2.45) is 0 Å². The maximum Gasteiger partial charge on any atom is 0.273 e. The largest absolute Gasteiger partial charge is 0.383 e. The number of aryl methyl sites for hydroxylation is 1. The van der Waals surface area contributed by atoms with E-state index >= 15 is 0 Å². The molecular formula is C15H15BrN2O2S. The van der Waals surface area contributed by atoms with E-state index in [-0.39, 0.29) is 4.90 Å². The molecule has 0 fully saturated rings. The number of fused-ring (bicyclic) bond motifs is 1. The minimum Gasteiger partial charge on any atom is -0.383 e. The van der Waals surface area contributed by atoms with E-state index in [2.05, 4.69) is 21.5 Å². The zero-order valence-electron chi connectivity index (χ0n) is 11.3. The van der Waals surface area contributed by atoms with Gasteiger partial charge in [0.1, 0.15) is 0 Å². The minimum absolute atomic E-state index is 0.260. The molecule has 1 heterocycles. The summed E-state index contributed by atoms with van der Waals surface area (Å²) in [5.74, 6) is 0. The maximum absolute atomic E-state index is 12.7. The molecule has 0 aromatic heterocycles. The van der Waals surface area contributed by atoms with Crippen LogP contribution in [0.3, 0.4) is 0 Å². The summed E-state index contributed by atoms with van der Waals surface area (Å²) in [4.78, 5) is 0.260. The summed E-state index contributed by atoms with van der Waals surface area (Å²) in [6, 6.07) is 14.1. The first-order valence-corrected chi connectivity index (χ1v) is 8.87. The van der Waals surface area contributed by atoms with E-state index in [1.165, 1.54) is 3.33 Å². The average Bonchev–Trinajstić information content (AvgIpc) is 2.54. The van der Waals surface area contributed by atoms with Gasteiger partial charge in [0.2, 0.25) is 0 Å². The molecule has 0 amide bonds. The Balaban J connectivity index is 2.05. The highest BCUT2D eigenvalue weighted by atomic mass is 79.9.